The van der Waals surface area contributed by atoms with E-state index in [-0.39, 0.29) is 12.5 Å². The van der Waals surface area contributed by atoms with E-state index < -0.39 is 0 Å². The number of hydrogen-bond acceptors (Lipinski definition) is 4. The first kappa shape index (κ1) is 20.9. The number of guanidine groups is 1. The maximum atomic E-state index is 12.4. The van der Waals surface area contributed by atoms with E-state index in [2.05, 4.69) is 10.3 Å². The molecule has 1 aliphatic heterocycles. The molecule has 1 fully saturated rings. The smallest absolute Gasteiger partial charge is 0.244 e. The van der Waals surface area contributed by atoms with Crippen LogP contribution in [-0.2, 0) is 11.3 Å². The molecule has 1 aliphatic rings. The van der Waals surface area contributed by atoms with E-state index in [1.54, 1.807) is 14.2 Å². The topological polar surface area (TPSA) is 66.4 Å². The summed E-state index contributed by atoms with van der Waals surface area (Å²) in [5, 5.41) is 3.26. The van der Waals surface area contributed by atoms with Gasteiger partial charge in [-0.2, -0.15) is 0 Å². The van der Waals surface area contributed by atoms with Crippen LogP contribution in [0, 0.1) is 0 Å². The summed E-state index contributed by atoms with van der Waals surface area (Å²) in [5.41, 5.74) is 1.02. The molecule has 0 radical (unpaired) electrons. The van der Waals surface area contributed by atoms with Crippen molar-refractivity contribution in [3.8, 4) is 11.5 Å². The SMILES string of the molecule is CCNC(=NCC(=O)N1CCCCC1)N(C)Cc1ccc(OC)cc1OC. The average Bonchev–Trinajstić information content (AvgIpc) is 2.71. The van der Waals surface area contributed by atoms with Crippen LogP contribution in [0.1, 0.15) is 31.7 Å². The van der Waals surface area contributed by atoms with Gasteiger partial charge in [-0.1, -0.05) is 0 Å². The molecular formula is C20H32N4O3. The molecule has 0 saturated carbocycles. The Labute approximate surface area is 162 Å². The Morgan fingerprint density at radius 2 is 1.96 bits per heavy atom. The summed E-state index contributed by atoms with van der Waals surface area (Å²) in [4.78, 5) is 20.9. The fourth-order valence-corrected chi connectivity index (χ4v) is 3.17. The van der Waals surface area contributed by atoms with E-state index in [9.17, 15) is 4.79 Å². The standard InChI is InChI=1S/C20H32N4O3/c1-5-21-20(22-14-19(25)24-11-7-6-8-12-24)23(2)15-16-9-10-17(26-3)13-18(16)27-4/h9-10,13H,5-8,11-12,14-15H2,1-4H3,(H,21,22). The lowest BCUT2D eigenvalue weighted by molar-refractivity contribution is -0.130. The second-order valence-electron chi connectivity index (χ2n) is 6.65. The van der Waals surface area contributed by atoms with Crippen LogP contribution in [0.25, 0.3) is 0 Å². The van der Waals surface area contributed by atoms with E-state index in [0.717, 1.165) is 49.5 Å². The zero-order valence-electron chi connectivity index (χ0n) is 17.0. The molecule has 0 atom stereocenters. The summed E-state index contributed by atoms with van der Waals surface area (Å²) in [6.07, 6.45) is 3.39. The number of carbonyl (C=O) groups is 1. The summed E-state index contributed by atoms with van der Waals surface area (Å²) < 4.78 is 10.7. The fourth-order valence-electron chi connectivity index (χ4n) is 3.17. The Morgan fingerprint density at radius 1 is 1.22 bits per heavy atom. The maximum absolute atomic E-state index is 12.4. The minimum atomic E-state index is 0.0977. The highest BCUT2D eigenvalue weighted by atomic mass is 16.5. The molecule has 0 unspecified atom stereocenters. The van der Waals surface area contributed by atoms with Gasteiger partial charge in [0.05, 0.1) is 14.2 Å². The molecule has 150 valence electrons. The van der Waals surface area contributed by atoms with Crippen molar-refractivity contribution in [1.29, 1.82) is 0 Å². The Hall–Kier alpha value is -2.44. The Bertz CT molecular complexity index is 642. The fraction of sp³-hybridized carbons (Fsp3) is 0.600. The second-order valence-corrected chi connectivity index (χ2v) is 6.65. The van der Waals surface area contributed by atoms with Crippen LogP contribution in [0.4, 0.5) is 0 Å². The van der Waals surface area contributed by atoms with Crippen molar-refractivity contribution in [2.75, 3.05) is 47.4 Å². The summed E-state index contributed by atoms with van der Waals surface area (Å²) >= 11 is 0. The monoisotopic (exact) mass is 376 g/mol. The van der Waals surface area contributed by atoms with Gasteiger partial charge in [-0.3, -0.25) is 4.79 Å². The number of nitrogens with zero attached hydrogens (tertiary/aromatic N) is 3. The predicted octanol–water partition coefficient (Wildman–Crippen LogP) is 2.11. The van der Waals surface area contributed by atoms with Crippen molar-refractivity contribution >= 4 is 11.9 Å². The van der Waals surface area contributed by atoms with Gasteiger partial charge in [-0.05, 0) is 38.3 Å². The predicted molar refractivity (Wildman–Crippen MR) is 107 cm³/mol. The molecule has 1 aromatic rings. The summed E-state index contributed by atoms with van der Waals surface area (Å²) in [5.74, 6) is 2.33. The molecule has 0 spiro atoms. The van der Waals surface area contributed by atoms with Crippen molar-refractivity contribution < 1.29 is 14.3 Å². The Kier molecular flexibility index (Phi) is 8.23. The van der Waals surface area contributed by atoms with Crippen molar-refractivity contribution in [1.82, 2.24) is 15.1 Å². The van der Waals surface area contributed by atoms with Crippen LogP contribution >= 0.6 is 0 Å². The molecule has 1 aromatic carbocycles. The molecule has 1 saturated heterocycles. The molecule has 1 amide bonds. The van der Waals surface area contributed by atoms with Gasteiger partial charge in [0.2, 0.25) is 5.91 Å². The highest BCUT2D eigenvalue weighted by molar-refractivity contribution is 5.85. The number of benzene rings is 1. The first-order chi connectivity index (χ1) is 13.1. The number of carbonyl (C=O) groups excluding carboxylic acids is 1. The van der Waals surface area contributed by atoms with Crippen molar-refractivity contribution in [3.05, 3.63) is 23.8 Å². The summed E-state index contributed by atoms with van der Waals surface area (Å²) in [6, 6.07) is 5.76. The molecule has 27 heavy (non-hydrogen) atoms. The Balaban J connectivity index is 2.05. The zero-order chi connectivity index (χ0) is 19.6. The van der Waals surface area contributed by atoms with Gasteiger partial charge in [-0.25, -0.2) is 4.99 Å². The number of likely N-dealkylation sites (tertiary alicyclic amines) is 1. The van der Waals surface area contributed by atoms with Crippen LogP contribution in [0.5, 0.6) is 11.5 Å². The first-order valence-corrected chi connectivity index (χ1v) is 9.57. The molecule has 7 heteroatoms. The van der Waals surface area contributed by atoms with Crippen LogP contribution in [0.2, 0.25) is 0 Å². The molecular weight excluding hydrogens is 344 g/mol. The number of hydrogen-bond donors (Lipinski definition) is 1. The van der Waals surface area contributed by atoms with Gasteiger partial charge in [0.15, 0.2) is 5.96 Å². The number of rotatable bonds is 7. The zero-order valence-corrected chi connectivity index (χ0v) is 17.0. The van der Waals surface area contributed by atoms with Crippen LogP contribution in [-0.4, -0.2) is 69.1 Å². The number of aliphatic imine (C=N–C) groups is 1. The second kappa shape index (κ2) is 10.6. The van der Waals surface area contributed by atoms with Crippen molar-refractivity contribution in [3.63, 3.8) is 0 Å². The highest BCUT2D eigenvalue weighted by Gasteiger charge is 2.17. The van der Waals surface area contributed by atoms with Gasteiger partial charge >= 0.3 is 0 Å². The Morgan fingerprint density at radius 3 is 2.59 bits per heavy atom. The van der Waals surface area contributed by atoms with Gasteiger partial charge in [-0.15, -0.1) is 0 Å². The minimum absolute atomic E-state index is 0.0977. The van der Waals surface area contributed by atoms with Gasteiger partial charge < -0.3 is 24.6 Å². The van der Waals surface area contributed by atoms with E-state index in [0.29, 0.717) is 12.5 Å². The minimum Gasteiger partial charge on any atom is -0.497 e. The number of ether oxygens (including phenoxy) is 2. The van der Waals surface area contributed by atoms with Gasteiger partial charge in [0.1, 0.15) is 18.0 Å². The van der Waals surface area contributed by atoms with E-state index in [1.807, 2.05) is 42.0 Å². The molecule has 2 rings (SSSR count). The quantitative estimate of drug-likeness (QED) is 0.583. The summed E-state index contributed by atoms with van der Waals surface area (Å²) in [6.45, 7) is 5.24. The third-order valence-electron chi connectivity index (χ3n) is 4.67. The lowest BCUT2D eigenvalue weighted by atomic mass is 10.1. The van der Waals surface area contributed by atoms with E-state index in [1.165, 1.54) is 6.42 Å². The lowest BCUT2D eigenvalue weighted by Crippen LogP contribution is -2.41. The van der Waals surface area contributed by atoms with E-state index >= 15 is 0 Å². The molecule has 0 aromatic heterocycles. The van der Waals surface area contributed by atoms with E-state index in [4.69, 9.17) is 9.47 Å². The highest BCUT2D eigenvalue weighted by Crippen LogP contribution is 2.25. The summed E-state index contributed by atoms with van der Waals surface area (Å²) in [7, 11) is 5.24. The van der Waals surface area contributed by atoms with Crippen LogP contribution < -0.4 is 14.8 Å². The third kappa shape index (κ3) is 6.05. The molecule has 0 bridgehead atoms. The number of piperidine rings is 1. The van der Waals surface area contributed by atoms with Gasteiger partial charge in [0.25, 0.3) is 0 Å². The number of amides is 1. The maximum Gasteiger partial charge on any atom is 0.244 e. The number of nitrogens with one attached hydrogen (secondary N) is 1. The lowest BCUT2D eigenvalue weighted by Gasteiger charge is -2.27. The van der Waals surface area contributed by atoms with Gasteiger partial charge in [0, 0.05) is 44.9 Å². The normalized spacial score (nSPS) is 14.7. The average molecular weight is 377 g/mol. The van der Waals surface area contributed by atoms with Crippen LogP contribution in [0.15, 0.2) is 23.2 Å². The largest absolute Gasteiger partial charge is 0.497 e. The van der Waals surface area contributed by atoms with Crippen LogP contribution in [0.3, 0.4) is 0 Å². The number of methoxy groups -OCH3 is 2. The molecule has 0 aliphatic carbocycles. The third-order valence-corrected chi connectivity index (χ3v) is 4.67. The first-order valence-electron chi connectivity index (χ1n) is 9.57. The molecule has 1 N–H and O–H groups in total. The van der Waals surface area contributed by atoms with Crippen molar-refractivity contribution in [2.45, 2.75) is 32.7 Å². The van der Waals surface area contributed by atoms with Crippen molar-refractivity contribution in [2.24, 2.45) is 4.99 Å². The molecule has 1 heterocycles. The molecule has 7 nitrogen and oxygen atoms in total.